The predicted octanol–water partition coefficient (Wildman–Crippen LogP) is 3.57. The smallest absolute Gasteiger partial charge is 0.316 e. The van der Waals surface area contributed by atoms with Crippen molar-refractivity contribution in [3.63, 3.8) is 0 Å². The van der Waals surface area contributed by atoms with E-state index in [2.05, 4.69) is 0 Å². The fourth-order valence-electron chi connectivity index (χ4n) is 2.97. The molecule has 0 radical (unpaired) electrons. The van der Waals surface area contributed by atoms with Crippen LogP contribution in [0.1, 0.15) is 23.1 Å². The molecule has 0 saturated carbocycles. The molecule has 1 amide bonds. The van der Waals surface area contributed by atoms with Gasteiger partial charge in [0.05, 0.1) is 5.92 Å². The Hall–Kier alpha value is -2.62. The zero-order valence-corrected chi connectivity index (χ0v) is 14.2. The van der Waals surface area contributed by atoms with E-state index in [9.17, 15) is 9.59 Å². The largest absolute Gasteiger partial charge is 0.426 e. The van der Waals surface area contributed by atoms with Crippen LogP contribution in [0.25, 0.3) is 0 Å². The summed E-state index contributed by atoms with van der Waals surface area (Å²) in [5.41, 5.74) is 3.83. The third kappa shape index (κ3) is 3.18. The Morgan fingerprint density at radius 2 is 1.83 bits per heavy atom. The molecule has 2 aromatic carbocycles. The molecule has 1 aliphatic rings. The lowest BCUT2D eigenvalue weighted by molar-refractivity contribution is -0.139. The van der Waals surface area contributed by atoms with Gasteiger partial charge in [-0.25, -0.2) is 0 Å². The first-order valence-corrected chi connectivity index (χ1v) is 8.10. The van der Waals surface area contributed by atoms with Crippen LogP contribution in [0.4, 0.5) is 5.69 Å². The van der Waals surface area contributed by atoms with E-state index in [0.29, 0.717) is 12.3 Å². The second-order valence-corrected chi connectivity index (χ2v) is 6.38. The molecule has 1 fully saturated rings. The lowest BCUT2D eigenvalue weighted by Gasteiger charge is -2.18. The molecule has 0 N–H and O–H groups in total. The van der Waals surface area contributed by atoms with Crippen molar-refractivity contribution >= 4 is 17.6 Å². The first kappa shape index (κ1) is 16.2. The van der Waals surface area contributed by atoms with Gasteiger partial charge in [-0.2, -0.15) is 0 Å². The highest BCUT2D eigenvalue weighted by atomic mass is 16.5. The molecular formula is C20H21NO3. The van der Waals surface area contributed by atoms with Gasteiger partial charge in [0.15, 0.2) is 0 Å². The van der Waals surface area contributed by atoms with Gasteiger partial charge in [0, 0.05) is 18.7 Å². The van der Waals surface area contributed by atoms with Gasteiger partial charge >= 0.3 is 5.97 Å². The average molecular weight is 323 g/mol. The summed E-state index contributed by atoms with van der Waals surface area (Å²) in [7, 11) is 0. The molecule has 0 aliphatic carbocycles. The Morgan fingerprint density at radius 3 is 2.58 bits per heavy atom. The summed E-state index contributed by atoms with van der Waals surface area (Å²) in [6.07, 6.45) is 0.192. The number of rotatable bonds is 3. The number of anilines is 1. The minimum atomic E-state index is -0.433. The maximum Gasteiger partial charge on any atom is 0.316 e. The van der Waals surface area contributed by atoms with Gasteiger partial charge in [0.2, 0.25) is 5.91 Å². The van der Waals surface area contributed by atoms with Crippen molar-refractivity contribution in [2.45, 2.75) is 27.2 Å². The minimum Gasteiger partial charge on any atom is -0.426 e. The van der Waals surface area contributed by atoms with E-state index in [-0.39, 0.29) is 18.3 Å². The summed E-state index contributed by atoms with van der Waals surface area (Å²) in [4.78, 5) is 26.5. The summed E-state index contributed by atoms with van der Waals surface area (Å²) >= 11 is 0. The third-order valence-corrected chi connectivity index (χ3v) is 4.42. The molecule has 2 aromatic rings. The van der Waals surface area contributed by atoms with Crippen LogP contribution < -0.4 is 9.64 Å². The molecule has 124 valence electrons. The topological polar surface area (TPSA) is 46.6 Å². The Morgan fingerprint density at radius 1 is 1.08 bits per heavy atom. The normalized spacial score (nSPS) is 17.2. The second-order valence-electron chi connectivity index (χ2n) is 6.38. The maximum atomic E-state index is 12.5. The number of hydrogen-bond donors (Lipinski definition) is 0. The van der Waals surface area contributed by atoms with E-state index in [1.807, 2.05) is 63.2 Å². The highest BCUT2D eigenvalue weighted by Crippen LogP contribution is 2.29. The standard InChI is InChI=1S/C20H21NO3/c1-13-8-9-15(3)18(10-13)24-20(23)16-11-19(22)21(12-16)17-7-5-4-6-14(17)2/h4-10,16H,11-12H2,1-3H3/t16-/m0/s1. The van der Waals surface area contributed by atoms with Crippen LogP contribution >= 0.6 is 0 Å². The third-order valence-electron chi connectivity index (χ3n) is 4.42. The average Bonchev–Trinajstić information content (AvgIpc) is 2.93. The van der Waals surface area contributed by atoms with Crippen molar-refractivity contribution in [1.82, 2.24) is 0 Å². The number of carbonyl (C=O) groups excluding carboxylic acids is 2. The maximum absolute atomic E-state index is 12.5. The van der Waals surface area contributed by atoms with E-state index in [1.54, 1.807) is 4.90 Å². The molecule has 3 rings (SSSR count). The number of aryl methyl sites for hydroxylation is 3. The van der Waals surface area contributed by atoms with Gasteiger partial charge in [-0.05, 0) is 49.6 Å². The quantitative estimate of drug-likeness (QED) is 0.641. The molecule has 1 saturated heterocycles. The van der Waals surface area contributed by atoms with Gasteiger partial charge in [0.25, 0.3) is 0 Å². The van der Waals surface area contributed by atoms with Crippen molar-refractivity contribution in [2.75, 3.05) is 11.4 Å². The fraction of sp³-hybridized carbons (Fsp3) is 0.300. The lowest BCUT2D eigenvalue weighted by Crippen LogP contribution is -2.27. The van der Waals surface area contributed by atoms with Crippen LogP contribution in [0.5, 0.6) is 5.75 Å². The van der Waals surface area contributed by atoms with E-state index in [1.165, 1.54) is 0 Å². The number of benzene rings is 2. The van der Waals surface area contributed by atoms with Gasteiger partial charge in [-0.3, -0.25) is 9.59 Å². The fourth-order valence-corrected chi connectivity index (χ4v) is 2.97. The predicted molar refractivity (Wildman–Crippen MR) is 93.2 cm³/mol. The number of amides is 1. The van der Waals surface area contributed by atoms with Crippen LogP contribution in [0, 0.1) is 26.7 Å². The van der Waals surface area contributed by atoms with E-state index in [4.69, 9.17) is 4.74 Å². The van der Waals surface area contributed by atoms with Crippen LogP contribution in [0.2, 0.25) is 0 Å². The summed E-state index contributed by atoms with van der Waals surface area (Å²) in [5, 5.41) is 0. The van der Waals surface area contributed by atoms with E-state index < -0.39 is 5.92 Å². The van der Waals surface area contributed by atoms with Gasteiger partial charge in [-0.15, -0.1) is 0 Å². The Balaban J connectivity index is 1.75. The number of carbonyl (C=O) groups is 2. The van der Waals surface area contributed by atoms with E-state index >= 15 is 0 Å². The molecule has 0 unspecified atom stereocenters. The van der Waals surface area contributed by atoms with Crippen LogP contribution in [-0.2, 0) is 9.59 Å². The zero-order valence-electron chi connectivity index (χ0n) is 14.2. The summed E-state index contributed by atoms with van der Waals surface area (Å²) < 4.78 is 5.55. The van der Waals surface area contributed by atoms with Crippen molar-refractivity contribution in [3.8, 4) is 5.75 Å². The van der Waals surface area contributed by atoms with Gasteiger partial charge in [0.1, 0.15) is 5.75 Å². The van der Waals surface area contributed by atoms with E-state index in [0.717, 1.165) is 22.4 Å². The lowest BCUT2D eigenvalue weighted by atomic mass is 10.1. The molecular weight excluding hydrogens is 302 g/mol. The number of ether oxygens (including phenoxy) is 1. The molecule has 1 aliphatic heterocycles. The number of nitrogens with zero attached hydrogens (tertiary/aromatic N) is 1. The van der Waals surface area contributed by atoms with Crippen molar-refractivity contribution in [2.24, 2.45) is 5.92 Å². The first-order valence-electron chi connectivity index (χ1n) is 8.10. The molecule has 4 heteroatoms. The SMILES string of the molecule is Cc1ccc(C)c(OC(=O)[C@H]2CC(=O)N(c3ccccc3C)C2)c1. The first-order chi connectivity index (χ1) is 11.5. The molecule has 1 atom stereocenters. The number of para-hydroxylation sites is 1. The Labute approximate surface area is 142 Å². The van der Waals surface area contributed by atoms with Crippen LogP contribution in [-0.4, -0.2) is 18.4 Å². The van der Waals surface area contributed by atoms with Gasteiger partial charge < -0.3 is 9.64 Å². The minimum absolute atomic E-state index is 0.0350. The highest BCUT2D eigenvalue weighted by molar-refractivity contribution is 6.00. The van der Waals surface area contributed by atoms with Crippen molar-refractivity contribution in [3.05, 3.63) is 59.2 Å². The highest BCUT2D eigenvalue weighted by Gasteiger charge is 2.37. The molecule has 4 nitrogen and oxygen atoms in total. The number of esters is 1. The van der Waals surface area contributed by atoms with Crippen molar-refractivity contribution < 1.29 is 14.3 Å². The molecule has 0 aromatic heterocycles. The molecule has 24 heavy (non-hydrogen) atoms. The number of hydrogen-bond acceptors (Lipinski definition) is 3. The molecule has 0 spiro atoms. The molecule has 1 heterocycles. The Bertz CT molecular complexity index is 797. The molecule has 0 bridgehead atoms. The second kappa shape index (κ2) is 6.48. The Kier molecular flexibility index (Phi) is 4.38. The summed E-state index contributed by atoms with van der Waals surface area (Å²) in [5.74, 6) is -0.237. The van der Waals surface area contributed by atoms with Crippen molar-refractivity contribution in [1.29, 1.82) is 0 Å². The summed E-state index contributed by atoms with van der Waals surface area (Å²) in [6, 6.07) is 13.5. The van der Waals surface area contributed by atoms with Crippen LogP contribution in [0.3, 0.4) is 0 Å². The zero-order chi connectivity index (χ0) is 17.3. The summed E-state index contributed by atoms with van der Waals surface area (Å²) in [6.45, 7) is 6.19. The van der Waals surface area contributed by atoms with Gasteiger partial charge in [-0.1, -0.05) is 30.3 Å². The van der Waals surface area contributed by atoms with Crippen LogP contribution in [0.15, 0.2) is 42.5 Å². The monoisotopic (exact) mass is 323 g/mol.